The normalized spacial score (nSPS) is 12.5. The average Bonchev–Trinajstić information content (AvgIpc) is 2.41. The van der Waals surface area contributed by atoms with Gasteiger partial charge in [0.25, 0.3) is 0 Å². The first-order chi connectivity index (χ1) is 9.51. The van der Waals surface area contributed by atoms with Crippen LogP contribution >= 0.6 is 11.6 Å². The standard InChI is InChI=1S/C17H27ClN2/c1-6-10-19-14(5)16-9-8-15(12-17(16)18)20(11-7-2)13(3)4/h7-9,12-14,19H,2,6,10-11H2,1,3-5H3. The zero-order chi connectivity index (χ0) is 15.1. The minimum atomic E-state index is 0.281. The van der Waals surface area contributed by atoms with Crippen LogP contribution in [0.5, 0.6) is 0 Å². The molecule has 20 heavy (non-hydrogen) atoms. The van der Waals surface area contributed by atoms with Crippen LogP contribution in [0.15, 0.2) is 30.9 Å². The fraction of sp³-hybridized carbons (Fsp3) is 0.529. The highest BCUT2D eigenvalue weighted by Crippen LogP contribution is 2.28. The molecule has 0 saturated carbocycles. The summed E-state index contributed by atoms with van der Waals surface area (Å²) in [7, 11) is 0. The van der Waals surface area contributed by atoms with Crippen LogP contribution in [0.3, 0.4) is 0 Å². The van der Waals surface area contributed by atoms with E-state index in [-0.39, 0.29) is 6.04 Å². The first-order valence-electron chi connectivity index (χ1n) is 7.41. The van der Waals surface area contributed by atoms with Crippen molar-refractivity contribution in [2.75, 3.05) is 18.0 Å². The Balaban J connectivity index is 2.93. The Morgan fingerprint density at radius 1 is 1.35 bits per heavy atom. The molecule has 1 aromatic carbocycles. The molecule has 112 valence electrons. The second-order valence-electron chi connectivity index (χ2n) is 5.42. The molecule has 1 unspecified atom stereocenters. The van der Waals surface area contributed by atoms with E-state index >= 15 is 0 Å². The second kappa shape index (κ2) is 8.33. The van der Waals surface area contributed by atoms with Gasteiger partial charge in [0.05, 0.1) is 0 Å². The molecule has 0 aliphatic carbocycles. The molecule has 0 bridgehead atoms. The molecule has 0 radical (unpaired) electrons. The number of nitrogens with one attached hydrogen (secondary N) is 1. The highest BCUT2D eigenvalue weighted by molar-refractivity contribution is 6.31. The lowest BCUT2D eigenvalue weighted by Gasteiger charge is -2.28. The number of anilines is 1. The van der Waals surface area contributed by atoms with Crippen molar-refractivity contribution in [1.29, 1.82) is 0 Å². The highest BCUT2D eigenvalue weighted by Gasteiger charge is 2.13. The number of halogens is 1. The summed E-state index contributed by atoms with van der Waals surface area (Å²) in [5.41, 5.74) is 2.31. The maximum atomic E-state index is 6.46. The van der Waals surface area contributed by atoms with Crippen LogP contribution in [0.1, 0.15) is 45.7 Å². The predicted octanol–water partition coefficient (Wildman–Crippen LogP) is 4.80. The number of benzene rings is 1. The van der Waals surface area contributed by atoms with Gasteiger partial charge in [0.15, 0.2) is 0 Å². The summed E-state index contributed by atoms with van der Waals surface area (Å²) >= 11 is 6.46. The number of nitrogens with zero attached hydrogens (tertiary/aromatic N) is 1. The van der Waals surface area contributed by atoms with Crippen molar-refractivity contribution in [3.05, 3.63) is 41.4 Å². The van der Waals surface area contributed by atoms with E-state index in [2.05, 4.69) is 62.7 Å². The van der Waals surface area contributed by atoms with Gasteiger partial charge in [-0.2, -0.15) is 0 Å². The van der Waals surface area contributed by atoms with Crippen molar-refractivity contribution in [1.82, 2.24) is 5.32 Å². The Bertz CT molecular complexity index is 429. The summed E-state index contributed by atoms with van der Waals surface area (Å²) in [5, 5.41) is 4.30. The number of hydrogen-bond acceptors (Lipinski definition) is 2. The van der Waals surface area contributed by atoms with Crippen molar-refractivity contribution in [2.24, 2.45) is 0 Å². The Kier molecular flexibility index (Phi) is 7.11. The first-order valence-corrected chi connectivity index (χ1v) is 7.79. The van der Waals surface area contributed by atoms with Crippen molar-refractivity contribution in [2.45, 2.75) is 46.2 Å². The molecule has 3 heteroatoms. The molecule has 1 N–H and O–H groups in total. The van der Waals surface area contributed by atoms with E-state index in [0.717, 1.165) is 35.8 Å². The van der Waals surface area contributed by atoms with Gasteiger partial charge < -0.3 is 10.2 Å². The van der Waals surface area contributed by atoms with Crippen LogP contribution in [0.2, 0.25) is 5.02 Å². The molecule has 1 rings (SSSR count). The van der Waals surface area contributed by atoms with E-state index in [0.29, 0.717) is 6.04 Å². The third-order valence-corrected chi connectivity index (χ3v) is 3.76. The zero-order valence-electron chi connectivity index (χ0n) is 13.1. The molecule has 0 aromatic heterocycles. The van der Waals surface area contributed by atoms with Crippen molar-refractivity contribution in [3.63, 3.8) is 0 Å². The van der Waals surface area contributed by atoms with Gasteiger partial charge >= 0.3 is 0 Å². The Hall–Kier alpha value is -0.990. The lowest BCUT2D eigenvalue weighted by Crippen LogP contribution is -2.30. The third-order valence-electron chi connectivity index (χ3n) is 3.43. The van der Waals surface area contributed by atoms with Crippen LogP contribution in [0.25, 0.3) is 0 Å². The molecule has 1 aromatic rings. The summed E-state index contributed by atoms with van der Waals surface area (Å²) in [6, 6.07) is 7.04. The molecular weight excluding hydrogens is 268 g/mol. The Morgan fingerprint density at radius 2 is 2.05 bits per heavy atom. The quantitative estimate of drug-likeness (QED) is 0.693. The minimum Gasteiger partial charge on any atom is -0.365 e. The average molecular weight is 295 g/mol. The molecule has 0 spiro atoms. The molecule has 0 amide bonds. The Labute approximate surface area is 128 Å². The highest BCUT2D eigenvalue weighted by atomic mass is 35.5. The number of rotatable bonds is 8. The molecule has 0 heterocycles. The van der Waals surface area contributed by atoms with Crippen molar-refractivity contribution < 1.29 is 0 Å². The summed E-state index contributed by atoms with van der Waals surface area (Å²) in [5.74, 6) is 0. The lowest BCUT2D eigenvalue weighted by atomic mass is 10.1. The first kappa shape index (κ1) is 17.1. The van der Waals surface area contributed by atoms with E-state index < -0.39 is 0 Å². The predicted molar refractivity (Wildman–Crippen MR) is 90.8 cm³/mol. The van der Waals surface area contributed by atoms with E-state index in [1.165, 1.54) is 0 Å². The summed E-state index contributed by atoms with van der Waals surface area (Å²) in [6.07, 6.45) is 3.05. The van der Waals surface area contributed by atoms with Crippen molar-refractivity contribution in [3.8, 4) is 0 Å². The van der Waals surface area contributed by atoms with Gasteiger partial charge in [0.2, 0.25) is 0 Å². The van der Waals surface area contributed by atoms with Crippen molar-refractivity contribution >= 4 is 17.3 Å². The largest absolute Gasteiger partial charge is 0.365 e. The zero-order valence-corrected chi connectivity index (χ0v) is 13.9. The van der Waals surface area contributed by atoms with Crippen LogP contribution in [0, 0.1) is 0 Å². The third kappa shape index (κ3) is 4.53. The van der Waals surface area contributed by atoms with E-state index in [9.17, 15) is 0 Å². The molecular formula is C17H27ClN2. The smallest absolute Gasteiger partial charge is 0.0474 e. The topological polar surface area (TPSA) is 15.3 Å². The van der Waals surface area contributed by atoms with Gasteiger partial charge in [-0.25, -0.2) is 0 Å². The van der Waals surface area contributed by atoms with Gasteiger partial charge in [-0.1, -0.05) is 30.7 Å². The molecule has 1 atom stereocenters. The summed E-state index contributed by atoms with van der Waals surface area (Å²) in [6.45, 7) is 14.3. The molecule has 2 nitrogen and oxygen atoms in total. The maximum absolute atomic E-state index is 6.46. The molecule has 0 saturated heterocycles. The Morgan fingerprint density at radius 3 is 2.55 bits per heavy atom. The number of hydrogen-bond donors (Lipinski definition) is 1. The van der Waals surface area contributed by atoms with E-state index in [1.807, 2.05) is 6.08 Å². The van der Waals surface area contributed by atoms with Crippen LogP contribution < -0.4 is 10.2 Å². The molecule has 0 aliphatic rings. The second-order valence-corrected chi connectivity index (χ2v) is 5.82. The molecule has 0 aliphatic heterocycles. The fourth-order valence-electron chi connectivity index (χ4n) is 2.27. The van der Waals surface area contributed by atoms with Gasteiger partial charge in [0, 0.05) is 29.3 Å². The minimum absolute atomic E-state index is 0.281. The summed E-state index contributed by atoms with van der Waals surface area (Å²) in [4.78, 5) is 2.28. The van der Waals surface area contributed by atoms with Crippen LogP contribution in [-0.4, -0.2) is 19.1 Å². The van der Waals surface area contributed by atoms with Gasteiger partial charge in [-0.3, -0.25) is 0 Å². The lowest BCUT2D eigenvalue weighted by molar-refractivity contribution is 0.571. The van der Waals surface area contributed by atoms with Gasteiger partial charge in [-0.05, 0) is 51.4 Å². The van der Waals surface area contributed by atoms with Crippen LogP contribution in [0.4, 0.5) is 5.69 Å². The monoisotopic (exact) mass is 294 g/mol. The van der Waals surface area contributed by atoms with Gasteiger partial charge in [0.1, 0.15) is 0 Å². The maximum Gasteiger partial charge on any atom is 0.0474 e. The van der Waals surface area contributed by atoms with Gasteiger partial charge in [-0.15, -0.1) is 6.58 Å². The fourth-order valence-corrected chi connectivity index (χ4v) is 2.61. The van der Waals surface area contributed by atoms with Crippen LogP contribution in [-0.2, 0) is 0 Å². The summed E-state index contributed by atoms with van der Waals surface area (Å²) < 4.78 is 0. The molecule has 0 fully saturated rings. The SMILES string of the molecule is C=CCN(c1ccc(C(C)NCCC)c(Cl)c1)C(C)C. The van der Waals surface area contributed by atoms with E-state index in [1.54, 1.807) is 0 Å². The van der Waals surface area contributed by atoms with E-state index in [4.69, 9.17) is 11.6 Å².